The Hall–Kier alpha value is -3.42. The molecule has 0 radical (unpaired) electrons. The number of Topliss-reactive ketones (excluding diaryl/α,β-unsaturated/α-hetero) is 1. The van der Waals surface area contributed by atoms with E-state index in [0.29, 0.717) is 18.5 Å². The van der Waals surface area contributed by atoms with Crippen molar-refractivity contribution in [2.24, 2.45) is 11.1 Å². The van der Waals surface area contributed by atoms with E-state index >= 15 is 0 Å². The topological polar surface area (TPSA) is 120 Å². The molecule has 0 fully saturated rings. The smallest absolute Gasteiger partial charge is 0.303 e. The van der Waals surface area contributed by atoms with Gasteiger partial charge in [0, 0.05) is 36.5 Å². The summed E-state index contributed by atoms with van der Waals surface area (Å²) < 4.78 is 6.61. The molecule has 2 aromatic rings. The van der Waals surface area contributed by atoms with Gasteiger partial charge in [0.25, 0.3) is 11.8 Å². The zero-order valence-electron chi connectivity index (χ0n) is 17.5. The number of anilines is 1. The molecule has 0 saturated carbocycles. The minimum Gasteiger partial charge on any atom is -0.456 e. The molecule has 0 atom stereocenters. The summed E-state index contributed by atoms with van der Waals surface area (Å²) in [5.41, 5.74) is 8.80. The van der Waals surface area contributed by atoms with Crippen LogP contribution in [0.4, 0.5) is 5.69 Å². The first-order valence-corrected chi connectivity index (χ1v) is 9.60. The monoisotopic (exact) mass is 411 g/mol. The van der Waals surface area contributed by atoms with Crippen LogP contribution in [0.15, 0.2) is 24.4 Å². The van der Waals surface area contributed by atoms with Gasteiger partial charge in [-0.2, -0.15) is 0 Å². The van der Waals surface area contributed by atoms with Gasteiger partial charge in [0.2, 0.25) is 0 Å². The summed E-state index contributed by atoms with van der Waals surface area (Å²) in [7, 11) is 0. The molecular formula is C22H25N3O5. The number of nitrogens with two attached hydrogens (primary N) is 1. The van der Waals surface area contributed by atoms with Crippen molar-refractivity contribution in [1.82, 2.24) is 4.57 Å². The molecule has 1 aromatic heterocycles. The maximum Gasteiger partial charge on any atom is 0.303 e. The summed E-state index contributed by atoms with van der Waals surface area (Å²) in [6, 6.07) is 4.86. The number of hydrogen-bond acceptors (Lipinski definition) is 5. The van der Waals surface area contributed by atoms with Crippen molar-refractivity contribution in [3.63, 3.8) is 0 Å². The lowest BCUT2D eigenvalue weighted by Gasteiger charge is -2.30. The highest BCUT2D eigenvalue weighted by Crippen LogP contribution is 2.38. The van der Waals surface area contributed by atoms with Gasteiger partial charge < -0.3 is 20.4 Å². The van der Waals surface area contributed by atoms with Crippen molar-refractivity contribution in [2.45, 2.75) is 40.5 Å². The van der Waals surface area contributed by atoms with Gasteiger partial charge in [0.15, 0.2) is 12.4 Å². The van der Waals surface area contributed by atoms with Crippen LogP contribution >= 0.6 is 0 Å². The number of carbonyl (C=O) groups excluding carboxylic acids is 4. The molecule has 1 aromatic carbocycles. The second-order valence-corrected chi connectivity index (χ2v) is 8.37. The second-order valence-electron chi connectivity index (χ2n) is 8.37. The third-order valence-corrected chi connectivity index (χ3v) is 5.09. The van der Waals surface area contributed by atoms with E-state index in [9.17, 15) is 19.2 Å². The lowest BCUT2D eigenvalue weighted by Crippen LogP contribution is -2.28. The molecule has 8 heteroatoms. The summed E-state index contributed by atoms with van der Waals surface area (Å²) in [6.45, 7) is 6.72. The van der Waals surface area contributed by atoms with Gasteiger partial charge >= 0.3 is 5.97 Å². The number of hydrogen-bond donors (Lipinski definition) is 2. The third-order valence-electron chi connectivity index (χ3n) is 5.09. The number of carbonyl (C=O) groups is 4. The number of benzene rings is 1. The Labute approximate surface area is 174 Å². The fourth-order valence-electron chi connectivity index (χ4n) is 3.86. The standard InChI is InChI=1S/C22H25N3O5/c1-12-10-25(17-8-22(3,4)9-18(27)20(12)17)14-5-6-15(21(23)29)16(7-14)24-19(28)11-30-13(2)26/h5-7,10H,8-9,11H2,1-4H3,(H2,23,29)(H,24,28). The van der Waals surface area contributed by atoms with Crippen LogP contribution in [0.3, 0.4) is 0 Å². The molecule has 3 rings (SSSR count). The molecule has 158 valence electrons. The molecular weight excluding hydrogens is 386 g/mol. The fourth-order valence-corrected chi connectivity index (χ4v) is 3.86. The SMILES string of the molecule is CC(=O)OCC(=O)Nc1cc(-n2cc(C)c3c2CC(C)(C)CC3=O)ccc1C(N)=O. The summed E-state index contributed by atoms with van der Waals surface area (Å²) in [5.74, 6) is -1.77. The first kappa shape index (κ1) is 21.3. The summed E-state index contributed by atoms with van der Waals surface area (Å²) >= 11 is 0. The highest BCUT2D eigenvalue weighted by Gasteiger charge is 2.34. The quantitative estimate of drug-likeness (QED) is 0.733. The molecule has 30 heavy (non-hydrogen) atoms. The number of fused-ring (bicyclic) bond motifs is 1. The van der Waals surface area contributed by atoms with Crippen molar-refractivity contribution in [2.75, 3.05) is 11.9 Å². The first-order chi connectivity index (χ1) is 14.0. The molecule has 0 bridgehead atoms. The summed E-state index contributed by atoms with van der Waals surface area (Å²) in [5, 5.41) is 2.57. The van der Waals surface area contributed by atoms with Crippen LogP contribution in [-0.2, 0) is 20.7 Å². The van der Waals surface area contributed by atoms with Crippen LogP contribution in [0, 0.1) is 12.3 Å². The van der Waals surface area contributed by atoms with Crippen molar-refractivity contribution in [3.05, 3.63) is 46.8 Å². The fraction of sp³-hybridized carbons (Fsp3) is 0.364. The molecule has 8 nitrogen and oxygen atoms in total. The van der Waals surface area contributed by atoms with E-state index in [1.54, 1.807) is 12.1 Å². The van der Waals surface area contributed by atoms with Gasteiger partial charge in [0.1, 0.15) is 0 Å². The first-order valence-electron chi connectivity index (χ1n) is 9.60. The predicted octanol–water partition coefficient (Wildman–Crippen LogP) is 2.54. The highest BCUT2D eigenvalue weighted by atomic mass is 16.5. The van der Waals surface area contributed by atoms with E-state index in [1.807, 2.05) is 17.7 Å². The van der Waals surface area contributed by atoms with Crippen molar-refractivity contribution >= 4 is 29.3 Å². The molecule has 0 spiro atoms. The Kier molecular flexibility index (Phi) is 5.52. The normalized spacial score (nSPS) is 14.7. The van der Waals surface area contributed by atoms with Gasteiger partial charge in [-0.1, -0.05) is 13.8 Å². The van der Waals surface area contributed by atoms with E-state index in [4.69, 9.17) is 10.5 Å². The Morgan fingerprint density at radius 2 is 1.93 bits per heavy atom. The van der Waals surface area contributed by atoms with E-state index in [-0.39, 0.29) is 22.4 Å². The van der Waals surface area contributed by atoms with Gasteiger partial charge in [0.05, 0.1) is 11.3 Å². The van der Waals surface area contributed by atoms with Gasteiger partial charge in [-0.25, -0.2) is 0 Å². The number of aryl methyl sites for hydroxylation is 1. The maximum absolute atomic E-state index is 12.7. The zero-order valence-corrected chi connectivity index (χ0v) is 17.5. The van der Waals surface area contributed by atoms with E-state index < -0.39 is 24.4 Å². The van der Waals surface area contributed by atoms with E-state index in [1.165, 1.54) is 13.0 Å². The Bertz CT molecular complexity index is 1060. The van der Waals surface area contributed by atoms with E-state index in [2.05, 4.69) is 19.2 Å². The van der Waals surface area contributed by atoms with Gasteiger partial charge in [-0.15, -0.1) is 0 Å². The number of rotatable bonds is 5. The lowest BCUT2D eigenvalue weighted by atomic mass is 9.75. The zero-order chi connectivity index (χ0) is 22.2. The lowest BCUT2D eigenvalue weighted by molar-refractivity contribution is -0.144. The Balaban J connectivity index is 2.03. The number of nitrogens with one attached hydrogen (secondary N) is 1. The van der Waals surface area contributed by atoms with Gasteiger partial charge in [-0.05, 0) is 42.5 Å². The number of aromatic nitrogens is 1. The number of ether oxygens (including phenoxy) is 1. The van der Waals surface area contributed by atoms with Crippen molar-refractivity contribution < 1.29 is 23.9 Å². The number of ketones is 1. The Morgan fingerprint density at radius 1 is 1.23 bits per heavy atom. The van der Waals surface area contributed by atoms with E-state index in [0.717, 1.165) is 16.8 Å². The summed E-state index contributed by atoms with van der Waals surface area (Å²) in [6.07, 6.45) is 3.09. The summed E-state index contributed by atoms with van der Waals surface area (Å²) in [4.78, 5) is 47.5. The molecule has 0 unspecified atom stereocenters. The van der Waals surface area contributed by atoms with Crippen LogP contribution in [0.1, 0.15) is 59.2 Å². The maximum atomic E-state index is 12.7. The van der Waals surface area contributed by atoms with Crippen LogP contribution in [-0.4, -0.2) is 34.7 Å². The Morgan fingerprint density at radius 3 is 2.57 bits per heavy atom. The number of primary amides is 1. The van der Waals surface area contributed by atoms with Crippen LogP contribution in [0.25, 0.3) is 5.69 Å². The average molecular weight is 411 g/mol. The van der Waals surface area contributed by atoms with Crippen LogP contribution < -0.4 is 11.1 Å². The molecule has 3 N–H and O–H groups in total. The molecule has 1 heterocycles. The number of nitrogens with zero attached hydrogens (tertiary/aromatic N) is 1. The molecule has 0 saturated heterocycles. The molecule has 1 aliphatic carbocycles. The second kappa shape index (κ2) is 7.78. The molecule has 2 amide bonds. The minimum atomic E-state index is -0.702. The highest BCUT2D eigenvalue weighted by molar-refractivity contribution is 6.04. The molecule has 1 aliphatic rings. The third kappa shape index (κ3) is 4.27. The van der Waals surface area contributed by atoms with Crippen molar-refractivity contribution in [1.29, 1.82) is 0 Å². The largest absolute Gasteiger partial charge is 0.456 e. The van der Waals surface area contributed by atoms with Gasteiger partial charge in [-0.3, -0.25) is 19.2 Å². The minimum absolute atomic E-state index is 0.112. The predicted molar refractivity (Wildman–Crippen MR) is 111 cm³/mol. The number of esters is 1. The van der Waals surface area contributed by atoms with Crippen LogP contribution in [0.2, 0.25) is 0 Å². The molecule has 0 aliphatic heterocycles. The number of amides is 2. The van der Waals surface area contributed by atoms with Crippen molar-refractivity contribution in [3.8, 4) is 5.69 Å². The van der Waals surface area contributed by atoms with Crippen LogP contribution in [0.5, 0.6) is 0 Å². The average Bonchev–Trinajstić information content (AvgIpc) is 2.95.